The zero-order chi connectivity index (χ0) is 12.5. The van der Waals surface area contributed by atoms with Crippen LogP contribution in [0.15, 0.2) is 0 Å². The van der Waals surface area contributed by atoms with E-state index in [1.54, 1.807) is 0 Å². The summed E-state index contributed by atoms with van der Waals surface area (Å²) >= 11 is 0. The van der Waals surface area contributed by atoms with Gasteiger partial charge in [0.05, 0.1) is 0 Å². The van der Waals surface area contributed by atoms with E-state index in [1.165, 1.54) is 51.6 Å². The summed E-state index contributed by atoms with van der Waals surface area (Å²) in [6.45, 7) is 3.36. The maximum atomic E-state index is 12.2. The van der Waals surface area contributed by atoms with Crippen LogP contribution in [0.4, 0.5) is 4.79 Å². The van der Waals surface area contributed by atoms with Gasteiger partial charge in [-0.15, -0.1) is 0 Å². The van der Waals surface area contributed by atoms with Gasteiger partial charge in [-0.05, 0) is 64.6 Å². The molecule has 3 rings (SSSR count). The third kappa shape index (κ3) is 2.63. The van der Waals surface area contributed by atoms with Gasteiger partial charge in [-0.25, -0.2) is 4.79 Å². The largest absolute Gasteiger partial charge is 0.335 e. The van der Waals surface area contributed by atoms with Crippen molar-refractivity contribution >= 4 is 6.03 Å². The van der Waals surface area contributed by atoms with E-state index in [-0.39, 0.29) is 6.03 Å². The number of amides is 2. The van der Waals surface area contributed by atoms with Gasteiger partial charge in [0.15, 0.2) is 0 Å². The molecule has 2 saturated heterocycles. The summed E-state index contributed by atoms with van der Waals surface area (Å²) in [4.78, 5) is 16.8. The first-order valence-corrected chi connectivity index (χ1v) is 7.50. The van der Waals surface area contributed by atoms with Crippen molar-refractivity contribution in [2.24, 2.45) is 5.92 Å². The van der Waals surface area contributed by atoms with E-state index < -0.39 is 0 Å². The number of piperidine rings is 1. The minimum Gasteiger partial charge on any atom is -0.335 e. The molecule has 3 aliphatic rings. The summed E-state index contributed by atoms with van der Waals surface area (Å²) in [5.41, 5.74) is 0. The third-order valence-corrected chi connectivity index (χ3v) is 4.77. The zero-order valence-electron chi connectivity index (χ0n) is 11.4. The van der Waals surface area contributed by atoms with Crippen LogP contribution >= 0.6 is 0 Å². The Balaban J connectivity index is 1.57. The molecule has 0 aromatic carbocycles. The summed E-state index contributed by atoms with van der Waals surface area (Å²) in [7, 11) is 2.20. The molecule has 4 heteroatoms. The van der Waals surface area contributed by atoms with Crippen molar-refractivity contribution in [2.75, 3.05) is 26.7 Å². The number of nitrogens with zero attached hydrogens (tertiary/aromatic N) is 2. The molecule has 102 valence electrons. The first-order valence-electron chi connectivity index (χ1n) is 7.50. The molecule has 0 aromatic heterocycles. The van der Waals surface area contributed by atoms with Crippen molar-refractivity contribution in [3.8, 4) is 0 Å². The molecular weight excluding hydrogens is 226 g/mol. The first kappa shape index (κ1) is 12.3. The Kier molecular flexibility index (Phi) is 3.46. The van der Waals surface area contributed by atoms with E-state index in [2.05, 4.69) is 22.2 Å². The number of carbonyl (C=O) groups is 1. The van der Waals surface area contributed by atoms with Crippen molar-refractivity contribution in [1.29, 1.82) is 0 Å². The number of likely N-dealkylation sites (tertiary alicyclic amines) is 2. The van der Waals surface area contributed by atoms with Gasteiger partial charge < -0.3 is 15.1 Å². The number of hydrogen-bond acceptors (Lipinski definition) is 2. The molecule has 0 bridgehead atoms. The molecule has 1 unspecified atom stereocenters. The van der Waals surface area contributed by atoms with E-state index in [1.807, 2.05) is 0 Å². The summed E-state index contributed by atoms with van der Waals surface area (Å²) in [5, 5.41) is 3.15. The minimum absolute atomic E-state index is 0.207. The van der Waals surface area contributed by atoms with Gasteiger partial charge in [0.2, 0.25) is 0 Å². The molecule has 0 aromatic rings. The van der Waals surface area contributed by atoms with Crippen molar-refractivity contribution < 1.29 is 4.79 Å². The summed E-state index contributed by atoms with van der Waals surface area (Å²) < 4.78 is 0. The molecule has 2 heterocycles. The molecule has 1 saturated carbocycles. The quantitative estimate of drug-likeness (QED) is 0.810. The summed E-state index contributed by atoms with van der Waals surface area (Å²) in [5.74, 6) is 0.730. The second-order valence-electron chi connectivity index (χ2n) is 6.27. The Morgan fingerprint density at radius 1 is 1.06 bits per heavy atom. The van der Waals surface area contributed by atoms with E-state index in [0.29, 0.717) is 12.1 Å². The van der Waals surface area contributed by atoms with Crippen molar-refractivity contribution in [3.63, 3.8) is 0 Å². The van der Waals surface area contributed by atoms with Gasteiger partial charge in [-0.1, -0.05) is 0 Å². The first-order chi connectivity index (χ1) is 8.74. The van der Waals surface area contributed by atoms with E-state index in [0.717, 1.165) is 12.5 Å². The number of nitrogens with one attached hydrogen (secondary N) is 1. The van der Waals surface area contributed by atoms with E-state index in [9.17, 15) is 4.79 Å². The minimum atomic E-state index is 0.207. The maximum absolute atomic E-state index is 12.2. The highest BCUT2D eigenvalue weighted by atomic mass is 16.2. The molecular formula is C14H25N3O. The Bertz CT molecular complexity index is 308. The number of hydrogen-bond donors (Lipinski definition) is 1. The molecule has 2 aliphatic heterocycles. The fourth-order valence-corrected chi connectivity index (χ4v) is 3.43. The van der Waals surface area contributed by atoms with Crippen LogP contribution in [-0.4, -0.2) is 54.6 Å². The molecule has 1 aliphatic carbocycles. The Hall–Kier alpha value is -0.770. The average Bonchev–Trinajstić information content (AvgIpc) is 3.04. The molecule has 0 spiro atoms. The lowest BCUT2D eigenvalue weighted by molar-refractivity contribution is 0.132. The van der Waals surface area contributed by atoms with Crippen LogP contribution in [0.3, 0.4) is 0 Å². The molecule has 2 amide bonds. The second kappa shape index (κ2) is 5.08. The smallest absolute Gasteiger partial charge is 0.317 e. The van der Waals surface area contributed by atoms with Gasteiger partial charge in [0.1, 0.15) is 0 Å². The fourth-order valence-electron chi connectivity index (χ4n) is 3.43. The molecule has 18 heavy (non-hydrogen) atoms. The Morgan fingerprint density at radius 2 is 1.78 bits per heavy atom. The SMILES string of the molecule is CN1CCC(C2CCCN2C(=O)NC2CC2)CC1. The molecule has 3 fully saturated rings. The zero-order valence-corrected chi connectivity index (χ0v) is 11.4. The van der Waals surface area contributed by atoms with Crippen LogP contribution < -0.4 is 5.32 Å². The highest BCUT2D eigenvalue weighted by Crippen LogP contribution is 2.31. The number of rotatable bonds is 2. The monoisotopic (exact) mass is 251 g/mol. The van der Waals surface area contributed by atoms with Crippen LogP contribution in [0, 0.1) is 5.92 Å². The summed E-state index contributed by atoms with van der Waals surface area (Å²) in [6.07, 6.45) is 7.28. The third-order valence-electron chi connectivity index (χ3n) is 4.77. The van der Waals surface area contributed by atoms with Crippen molar-refractivity contribution in [2.45, 2.75) is 50.6 Å². The Labute approximate surface area is 110 Å². The highest BCUT2D eigenvalue weighted by molar-refractivity contribution is 5.75. The van der Waals surface area contributed by atoms with Crippen LogP contribution in [0.1, 0.15) is 38.5 Å². The number of urea groups is 1. The second-order valence-corrected chi connectivity index (χ2v) is 6.27. The van der Waals surface area contributed by atoms with Gasteiger partial charge >= 0.3 is 6.03 Å². The fraction of sp³-hybridized carbons (Fsp3) is 0.929. The Morgan fingerprint density at radius 3 is 2.44 bits per heavy atom. The van der Waals surface area contributed by atoms with Crippen LogP contribution in [0.2, 0.25) is 0 Å². The van der Waals surface area contributed by atoms with Gasteiger partial charge in [-0.2, -0.15) is 0 Å². The van der Waals surface area contributed by atoms with Crippen molar-refractivity contribution in [3.05, 3.63) is 0 Å². The highest BCUT2D eigenvalue weighted by Gasteiger charge is 2.37. The van der Waals surface area contributed by atoms with Gasteiger partial charge in [0.25, 0.3) is 0 Å². The summed E-state index contributed by atoms with van der Waals surface area (Å²) in [6, 6.07) is 1.20. The van der Waals surface area contributed by atoms with Gasteiger partial charge in [0, 0.05) is 18.6 Å². The van der Waals surface area contributed by atoms with Gasteiger partial charge in [-0.3, -0.25) is 0 Å². The standard InChI is InChI=1S/C14H25N3O/c1-16-9-6-11(7-10-16)13-3-2-8-17(13)14(18)15-12-4-5-12/h11-13H,2-10H2,1H3,(H,15,18). The molecule has 0 radical (unpaired) electrons. The maximum Gasteiger partial charge on any atom is 0.317 e. The van der Waals surface area contributed by atoms with Crippen LogP contribution in [-0.2, 0) is 0 Å². The predicted octanol–water partition coefficient (Wildman–Crippen LogP) is 1.66. The van der Waals surface area contributed by atoms with Crippen LogP contribution in [0.5, 0.6) is 0 Å². The normalized spacial score (nSPS) is 30.7. The lowest BCUT2D eigenvalue weighted by Crippen LogP contribution is -2.48. The van der Waals surface area contributed by atoms with Crippen molar-refractivity contribution in [1.82, 2.24) is 15.1 Å². The molecule has 1 N–H and O–H groups in total. The lowest BCUT2D eigenvalue weighted by atomic mass is 9.88. The van der Waals surface area contributed by atoms with E-state index in [4.69, 9.17) is 0 Å². The van der Waals surface area contributed by atoms with Crippen LogP contribution in [0.25, 0.3) is 0 Å². The molecule has 4 nitrogen and oxygen atoms in total. The predicted molar refractivity (Wildman–Crippen MR) is 71.5 cm³/mol. The topological polar surface area (TPSA) is 35.6 Å². The average molecular weight is 251 g/mol. The number of carbonyl (C=O) groups excluding carboxylic acids is 1. The van der Waals surface area contributed by atoms with E-state index >= 15 is 0 Å². The lowest BCUT2D eigenvalue weighted by Gasteiger charge is -2.36. The molecule has 1 atom stereocenters.